The minimum atomic E-state index is -0.473. The number of likely N-dealkylation sites (tertiary alicyclic amines) is 1. The van der Waals surface area contributed by atoms with Crippen molar-refractivity contribution in [2.45, 2.75) is 45.3 Å². The zero-order valence-electron chi connectivity index (χ0n) is 14.7. The van der Waals surface area contributed by atoms with E-state index in [4.69, 9.17) is 4.74 Å². The fraction of sp³-hybridized carbons (Fsp3) is 0.474. The van der Waals surface area contributed by atoms with E-state index >= 15 is 0 Å². The van der Waals surface area contributed by atoms with Gasteiger partial charge in [0.05, 0.1) is 12.7 Å². The molecular formula is C19H25NO4. The van der Waals surface area contributed by atoms with E-state index < -0.39 is 5.60 Å². The van der Waals surface area contributed by atoms with E-state index in [1.165, 1.54) is 7.11 Å². The van der Waals surface area contributed by atoms with Crippen molar-refractivity contribution in [1.29, 1.82) is 0 Å². The molecule has 24 heavy (non-hydrogen) atoms. The third kappa shape index (κ3) is 4.85. The Kier molecular flexibility index (Phi) is 5.65. The molecule has 0 bridgehead atoms. The Morgan fingerprint density at radius 1 is 1.21 bits per heavy atom. The highest BCUT2D eigenvalue weighted by Crippen LogP contribution is 2.22. The molecule has 1 aliphatic rings. The van der Waals surface area contributed by atoms with Gasteiger partial charge in [-0.2, -0.15) is 0 Å². The molecule has 0 spiro atoms. The lowest BCUT2D eigenvalue weighted by atomic mass is 10.1. The summed E-state index contributed by atoms with van der Waals surface area (Å²) in [6.45, 7) is 6.47. The molecule has 5 heteroatoms. The summed E-state index contributed by atoms with van der Waals surface area (Å²) in [5.74, 6) is -0.527. The van der Waals surface area contributed by atoms with Crippen molar-refractivity contribution in [3.63, 3.8) is 0 Å². The molecule has 0 saturated carbocycles. The van der Waals surface area contributed by atoms with Gasteiger partial charge in [0.25, 0.3) is 0 Å². The molecule has 0 radical (unpaired) electrons. The Morgan fingerprint density at radius 3 is 2.46 bits per heavy atom. The Hall–Kier alpha value is -2.30. The molecule has 0 N–H and O–H groups in total. The Labute approximate surface area is 143 Å². The van der Waals surface area contributed by atoms with Crippen LogP contribution in [0.3, 0.4) is 0 Å². The van der Waals surface area contributed by atoms with E-state index in [0.717, 1.165) is 24.9 Å². The summed E-state index contributed by atoms with van der Waals surface area (Å²) in [4.78, 5) is 25.7. The Bertz CT molecular complexity index is 613. The molecule has 5 nitrogen and oxygen atoms in total. The maximum Gasteiger partial charge on any atom is 0.337 e. The first-order valence-electron chi connectivity index (χ1n) is 8.15. The van der Waals surface area contributed by atoms with Gasteiger partial charge in [0, 0.05) is 12.7 Å². The lowest BCUT2D eigenvalue weighted by Gasteiger charge is -2.26. The molecule has 1 heterocycles. The topological polar surface area (TPSA) is 55.8 Å². The number of nitrogens with zero attached hydrogens (tertiary/aromatic N) is 1. The SMILES string of the molecule is COC(=O)c1ccc(C=CN2CCCC2C(=O)OC(C)(C)C)cc1. The average molecular weight is 331 g/mol. The van der Waals surface area contributed by atoms with Gasteiger partial charge in [-0.3, -0.25) is 0 Å². The predicted molar refractivity (Wildman–Crippen MR) is 92.4 cm³/mol. The maximum absolute atomic E-state index is 12.3. The first-order chi connectivity index (χ1) is 11.3. The third-order valence-electron chi connectivity index (χ3n) is 3.76. The molecular weight excluding hydrogens is 306 g/mol. The van der Waals surface area contributed by atoms with Crippen LogP contribution < -0.4 is 0 Å². The molecule has 1 aromatic rings. The predicted octanol–water partition coefficient (Wildman–Crippen LogP) is 3.25. The number of rotatable bonds is 4. The van der Waals surface area contributed by atoms with E-state index in [1.807, 2.05) is 50.1 Å². The summed E-state index contributed by atoms with van der Waals surface area (Å²) in [5.41, 5.74) is 0.999. The highest BCUT2D eigenvalue weighted by Gasteiger charge is 2.32. The third-order valence-corrected chi connectivity index (χ3v) is 3.76. The molecule has 1 saturated heterocycles. The largest absolute Gasteiger partial charge is 0.465 e. The van der Waals surface area contributed by atoms with Crippen molar-refractivity contribution in [3.8, 4) is 0 Å². The minimum Gasteiger partial charge on any atom is -0.465 e. The fourth-order valence-electron chi connectivity index (χ4n) is 2.62. The maximum atomic E-state index is 12.3. The molecule has 0 aliphatic carbocycles. The number of esters is 2. The van der Waals surface area contributed by atoms with Gasteiger partial charge < -0.3 is 14.4 Å². The van der Waals surface area contributed by atoms with E-state index in [-0.39, 0.29) is 18.0 Å². The second-order valence-electron chi connectivity index (χ2n) is 6.86. The van der Waals surface area contributed by atoms with Crippen molar-refractivity contribution in [2.24, 2.45) is 0 Å². The number of methoxy groups -OCH3 is 1. The van der Waals surface area contributed by atoms with Gasteiger partial charge in [0.1, 0.15) is 11.6 Å². The summed E-state index contributed by atoms with van der Waals surface area (Å²) >= 11 is 0. The molecule has 130 valence electrons. The number of hydrogen-bond acceptors (Lipinski definition) is 5. The van der Waals surface area contributed by atoms with Gasteiger partial charge in [-0.1, -0.05) is 12.1 Å². The summed E-state index contributed by atoms with van der Waals surface area (Å²) in [6, 6.07) is 6.92. The molecule has 1 aliphatic heterocycles. The van der Waals surface area contributed by atoms with E-state index in [0.29, 0.717) is 5.56 Å². The van der Waals surface area contributed by atoms with Crippen LogP contribution in [0.15, 0.2) is 30.5 Å². The standard InChI is InChI=1S/C19H25NO4/c1-19(2,3)24-18(22)16-6-5-12-20(16)13-11-14-7-9-15(10-8-14)17(21)23-4/h7-11,13,16H,5-6,12H2,1-4H3. The monoisotopic (exact) mass is 331 g/mol. The highest BCUT2D eigenvalue weighted by atomic mass is 16.6. The van der Waals surface area contributed by atoms with Crippen LogP contribution in [-0.2, 0) is 14.3 Å². The molecule has 1 aromatic carbocycles. The Morgan fingerprint density at radius 2 is 1.88 bits per heavy atom. The van der Waals surface area contributed by atoms with E-state index in [1.54, 1.807) is 12.1 Å². The first kappa shape index (κ1) is 18.0. The molecule has 1 unspecified atom stereocenters. The lowest BCUT2D eigenvalue weighted by molar-refractivity contribution is -0.159. The molecule has 1 fully saturated rings. The van der Waals surface area contributed by atoms with Gasteiger partial charge in [0.15, 0.2) is 0 Å². The molecule has 0 aromatic heterocycles. The second kappa shape index (κ2) is 7.51. The van der Waals surface area contributed by atoms with Gasteiger partial charge in [-0.05, 0) is 57.4 Å². The van der Waals surface area contributed by atoms with Gasteiger partial charge >= 0.3 is 11.9 Å². The fourth-order valence-corrected chi connectivity index (χ4v) is 2.62. The zero-order chi connectivity index (χ0) is 17.7. The van der Waals surface area contributed by atoms with Crippen molar-refractivity contribution in [2.75, 3.05) is 13.7 Å². The van der Waals surface area contributed by atoms with Crippen molar-refractivity contribution >= 4 is 18.0 Å². The van der Waals surface area contributed by atoms with Crippen molar-refractivity contribution in [1.82, 2.24) is 4.90 Å². The summed E-state index contributed by atoms with van der Waals surface area (Å²) in [7, 11) is 1.36. The van der Waals surface area contributed by atoms with E-state index in [2.05, 4.69) is 4.74 Å². The van der Waals surface area contributed by atoms with Crippen LogP contribution in [0, 0.1) is 0 Å². The average Bonchev–Trinajstić information content (AvgIpc) is 2.99. The van der Waals surface area contributed by atoms with Crippen molar-refractivity contribution in [3.05, 3.63) is 41.6 Å². The number of benzene rings is 1. The van der Waals surface area contributed by atoms with Gasteiger partial charge in [-0.15, -0.1) is 0 Å². The lowest BCUT2D eigenvalue weighted by Crippen LogP contribution is -2.37. The summed E-state index contributed by atoms with van der Waals surface area (Å²) < 4.78 is 10.2. The minimum absolute atomic E-state index is 0.175. The zero-order valence-corrected chi connectivity index (χ0v) is 14.7. The molecule has 0 amide bonds. The van der Waals surface area contributed by atoms with Crippen LogP contribution in [0.2, 0.25) is 0 Å². The number of carbonyl (C=O) groups excluding carboxylic acids is 2. The quantitative estimate of drug-likeness (QED) is 0.793. The molecule has 1 atom stereocenters. The highest BCUT2D eigenvalue weighted by molar-refractivity contribution is 5.89. The number of hydrogen-bond donors (Lipinski definition) is 0. The number of ether oxygens (including phenoxy) is 2. The van der Waals surface area contributed by atoms with Gasteiger partial charge in [-0.25, -0.2) is 9.59 Å². The molecule has 2 rings (SSSR count). The van der Waals surface area contributed by atoms with Crippen LogP contribution in [0.25, 0.3) is 6.08 Å². The normalized spacial score (nSPS) is 18.0. The summed E-state index contributed by atoms with van der Waals surface area (Å²) in [5, 5.41) is 0. The second-order valence-corrected chi connectivity index (χ2v) is 6.86. The van der Waals surface area contributed by atoms with Crippen LogP contribution in [0.5, 0.6) is 0 Å². The van der Waals surface area contributed by atoms with Gasteiger partial charge in [0.2, 0.25) is 0 Å². The van der Waals surface area contributed by atoms with E-state index in [9.17, 15) is 9.59 Å². The van der Waals surface area contributed by atoms with Crippen LogP contribution in [0.4, 0.5) is 0 Å². The van der Waals surface area contributed by atoms with Crippen LogP contribution in [-0.4, -0.2) is 42.1 Å². The Balaban J connectivity index is 2.02. The first-order valence-corrected chi connectivity index (χ1v) is 8.15. The van der Waals surface area contributed by atoms with Crippen LogP contribution in [0.1, 0.15) is 49.5 Å². The number of carbonyl (C=O) groups is 2. The van der Waals surface area contributed by atoms with Crippen molar-refractivity contribution < 1.29 is 19.1 Å². The smallest absolute Gasteiger partial charge is 0.337 e. The summed E-state index contributed by atoms with van der Waals surface area (Å²) in [6.07, 6.45) is 5.63. The van der Waals surface area contributed by atoms with Crippen LogP contribution >= 0.6 is 0 Å².